The SMILES string of the molecule is Cn1c(=O)c2nc(Oc3ccc(Cl)cc3)n(C)c2n(C)c1=O. The first-order chi connectivity index (χ1) is 10.4. The lowest BCUT2D eigenvalue weighted by Crippen LogP contribution is -2.37. The van der Waals surface area contributed by atoms with Crippen LogP contribution in [0.5, 0.6) is 11.8 Å². The number of ether oxygens (including phenoxy) is 1. The maximum atomic E-state index is 12.2. The van der Waals surface area contributed by atoms with Crippen molar-refractivity contribution in [3.8, 4) is 11.8 Å². The number of aromatic nitrogens is 4. The van der Waals surface area contributed by atoms with Gasteiger partial charge in [-0.05, 0) is 24.3 Å². The molecule has 22 heavy (non-hydrogen) atoms. The highest BCUT2D eigenvalue weighted by Gasteiger charge is 2.18. The van der Waals surface area contributed by atoms with E-state index in [0.717, 1.165) is 4.57 Å². The minimum atomic E-state index is -0.459. The minimum Gasteiger partial charge on any atom is -0.425 e. The summed E-state index contributed by atoms with van der Waals surface area (Å²) < 4.78 is 9.61. The zero-order valence-corrected chi connectivity index (χ0v) is 13.0. The number of hydrogen-bond donors (Lipinski definition) is 0. The third-order valence-corrected chi connectivity index (χ3v) is 3.70. The van der Waals surface area contributed by atoms with Gasteiger partial charge in [0.1, 0.15) is 5.75 Å². The highest BCUT2D eigenvalue weighted by molar-refractivity contribution is 6.30. The molecule has 3 rings (SSSR count). The van der Waals surface area contributed by atoms with Crippen LogP contribution in [-0.4, -0.2) is 18.7 Å². The Morgan fingerprint density at radius 3 is 2.27 bits per heavy atom. The Kier molecular flexibility index (Phi) is 3.29. The number of nitrogens with zero attached hydrogens (tertiary/aromatic N) is 4. The molecule has 0 radical (unpaired) electrons. The van der Waals surface area contributed by atoms with Crippen LogP contribution in [0.25, 0.3) is 11.2 Å². The Bertz CT molecular complexity index is 982. The zero-order chi connectivity index (χ0) is 16.0. The molecule has 2 aromatic heterocycles. The van der Waals surface area contributed by atoms with E-state index in [1.54, 1.807) is 42.9 Å². The summed E-state index contributed by atoms with van der Waals surface area (Å²) in [5.74, 6) is 0.532. The van der Waals surface area contributed by atoms with Crippen molar-refractivity contribution < 1.29 is 4.74 Å². The quantitative estimate of drug-likeness (QED) is 0.716. The minimum absolute atomic E-state index is 0.177. The van der Waals surface area contributed by atoms with Gasteiger partial charge in [-0.2, -0.15) is 4.98 Å². The summed E-state index contributed by atoms with van der Waals surface area (Å²) in [6, 6.07) is 6.98. The molecule has 3 aromatic rings. The first-order valence-corrected chi connectivity index (χ1v) is 6.84. The molecule has 0 atom stereocenters. The van der Waals surface area contributed by atoms with Crippen LogP contribution in [0.1, 0.15) is 0 Å². The van der Waals surface area contributed by atoms with E-state index in [-0.39, 0.29) is 11.5 Å². The fourth-order valence-corrected chi connectivity index (χ4v) is 2.38. The van der Waals surface area contributed by atoms with Gasteiger partial charge in [0.05, 0.1) is 0 Å². The largest absolute Gasteiger partial charge is 0.425 e. The first kappa shape index (κ1) is 14.4. The second-order valence-electron chi connectivity index (χ2n) is 4.89. The van der Waals surface area contributed by atoms with Gasteiger partial charge in [0, 0.05) is 26.2 Å². The van der Waals surface area contributed by atoms with E-state index in [1.165, 1.54) is 11.6 Å². The van der Waals surface area contributed by atoms with Crippen LogP contribution in [0.2, 0.25) is 5.02 Å². The van der Waals surface area contributed by atoms with Gasteiger partial charge in [-0.3, -0.25) is 18.5 Å². The van der Waals surface area contributed by atoms with E-state index in [9.17, 15) is 9.59 Å². The van der Waals surface area contributed by atoms with Crippen LogP contribution >= 0.6 is 11.6 Å². The van der Waals surface area contributed by atoms with Crippen molar-refractivity contribution in [3.63, 3.8) is 0 Å². The lowest BCUT2D eigenvalue weighted by Gasteiger charge is -2.07. The van der Waals surface area contributed by atoms with Gasteiger partial charge < -0.3 is 4.74 Å². The summed E-state index contributed by atoms with van der Waals surface area (Å²) in [5, 5.41) is 0.591. The van der Waals surface area contributed by atoms with Crippen LogP contribution < -0.4 is 16.0 Å². The fraction of sp³-hybridized carbons (Fsp3) is 0.214. The van der Waals surface area contributed by atoms with Crippen LogP contribution in [0.3, 0.4) is 0 Å². The molecule has 0 aliphatic rings. The molecule has 1 aromatic carbocycles. The van der Waals surface area contributed by atoms with Crippen molar-refractivity contribution in [2.45, 2.75) is 0 Å². The number of halogens is 1. The Morgan fingerprint density at radius 1 is 1.00 bits per heavy atom. The standard InChI is InChI=1S/C14H13ClN4O3/c1-17-11-10(12(20)19(3)14(21)18(11)2)16-13(17)22-9-6-4-8(15)5-7-9/h4-7H,1-3H3. The predicted molar refractivity (Wildman–Crippen MR) is 82.7 cm³/mol. The predicted octanol–water partition coefficient (Wildman–Crippen LogP) is 1.42. The summed E-state index contributed by atoms with van der Waals surface area (Å²) in [5.41, 5.74) is -0.300. The van der Waals surface area contributed by atoms with Crippen LogP contribution in [0, 0.1) is 0 Å². The molecule has 8 heteroatoms. The van der Waals surface area contributed by atoms with Crippen LogP contribution in [0.4, 0.5) is 0 Å². The number of benzene rings is 1. The molecule has 0 bridgehead atoms. The second-order valence-corrected chi connectivity index (χ2v) is 5.32. The molecular formula is C14H13ClN4O3. The third-order valence-electron chi connectivity index (χ3n) is 3.45. The maximum absolute atomic E-state index is 12.2. The molecule has 0 aliphatic heterocycles. The summed E-state index contributed by atoms with van der Waals surface area (Å²) in [6.45, 7) is 0. The number of rotatable bonds is 2. The number of aryl methyl sites for hydroxylation is 2. The zero-order valence-electron chi connectivity index (χ0n) is 12.2. The molecule has 0 saturated carbocycles. The van der Waals surface area contributed by atoms with Gasteiger partial charge in [0.2, 0.25) is 0 Å². The Balaban J connectivity index is 2.20. The topological polar surface area (TPSA) is 71.1 Å². The van der Waals surface area contributed by atoms with Gasteiger partial charge in [0.15, 0.2) is 11.2 Å². The highest BCUT2D eigenvalue weighted by atomic mass is 35.5. The van der Waals surface area contributed by atoms with Crippen molar-refractivity contribution in [1.82, 2.24) is 18.7 Å². The van der Waals surface area contributed by atoms with Crippen molar-refractivity contribution in [1.29, 1.82) is 0 Å². The third kappa shape index (κ3) is 2.10. The van der Waals surface area contributed by atoms with E-state index in [0.29, 0.717) is 16.4 Å². The van der Waals surface area contributed by atoms with E-state index in [4.69, 9.17) is 16.3 Å². The molecule has 0 aliphatic carbocycles. The van der Waals surface area contributed by atoms with Gasteiger partial charge in [0.25, 0.3) is 5.56 Å². The Labute approximate surface area is 130 Å². The van der Waals surface area contributed by atoms with Gasteiger partial charge in [-0.15, -0.1) is 0 Å². The molecule has 114 valence electrons. The maximum Gasteiger partial charge on any atom is 0.332 e. The molecule has 0 N–H and O–H groups in total. The molecule has 0 fully saturated rings. The number of fused-ring (bicyclic) bond motifs is 1. The molecule has 0 spiro atoms. The first-order valence-electron chi connectivity index (χ1n) is 6.46. The lowest BCUT2D eigenvalue weighted by atomic mass is 10.3. The van der Waals surface area contributed by atoms with Crippen molar-refractivity contribution in [3.05, 3.63) is 50.1 Å². The van der Waals surface area contributed by atoms with E-state index in [1.807, 2.05) is 0 Å². The van der Waals surface area contributed by atoms with E-state index in [2.05, 4.69) is 4.98 Å². The van der Waals surface area contributed by atoms with Crippen molar-refractivity contribution in [2.75, 3.05) is 0 Å². The summed E-state index contributed by atoms with van der Waals surface area (Å²) in [4.78, 5) is 28.4. The van der Waals surface area contributed by atoms with Gasteiger partial charge in [-0.1, -0.05) is 11.6 Å². The summed E-state index contributed by atoms with van der Waals surface area (Å²) in [6.07, 6.45) is 0. The molecule has 0 unspecified atom stereocenters. The van der Waals surface area contributed by atoms with Crippen molar-refractivity contribution >= 4 is 22.8 Å². The molecule has 0 amide bonds. The van der Waals surface area contributed by atoms with Crippen LogP contribution in [0.15, 0.2) is 33.9 Å². The summed E-state index contributed by atoms with van der Waals surface area (Å²) in [7, 11) is 4.68. The van der Waals surface area contributed by atoms with Gasteiger partial charge in [-0.25, -0.2) is 4.79 Å². The van der Waals surface area contributed by atoms with Crippen molar-refractivity contribution in [2.24, 2.45) is 21.1 Å². The van der Waals surface area contributed by atoms with E-state index >= 15 is 0 Å². The molecule has 7 nitrogen and oxygen atoms in total. The average molecular weight is 321 g/mol. The number of hydrogen-bond acceptors (Lipinski definition) is 4. The summed E-state index contributed by atoms with van der Waals surface area (Å²) >= 11 is 5.83. The van der Waals surface area contributed by atoms with Gasteiger partial charge >= 0.3 is 11.7 Å². The van der Waals surface area contributed by atoms with Crippen LogP contribution in [-0.2, 0) is 21.1 Å². The highest BCUT2D eigenvalue weighted by Crippen LogP contribution is 2.24. The number of imidazole rings is 1. The lowest BCUT2D eigenvalue weighted by molar-refractivity contribution is 0.426. The average Bonchev–Trinajstić information content (AvgIpc) is 2.82. The monoisotopic (exact) mass is 320 g/mol. The smallest absolute Gasteiger partial charge is 0.332 e. The molecule has 2 heterocycles. The molecular weight excluding hydrogens is 308 g/mol. The fourth-order valence-electron chi connectivity index (χ4n) is 2.26. The normalized spacial score (nSPS) is 11.1. The second kappa shape index (κ2) is 5.03. The Morgan fingerprint density at radius 2 is 1.64 bits per heavy atom. The Hall–Kier alpha value is -2.54. The molecule has 0 saturated heterocycles. The van der Waals surface area contributed by atoms with E-state index < -0.39 is 11.2 Å².